The molecule has 2 aromatic rings. The first-order valence-corrected chi connectivity index (χ1v) is 6.96. The number of hydrogen-bond donors (Lipinski definition) is 2. The minimum atomic E-state index is 0.217. The zero-order valence-electron chi connectivity index (χ0n) is 11.1. The van der Waals surface area contributed by atoms with Gasteiger partial charge in [0.25, 0.3) is 0 Å². The first-order valence-electron chi connectivity index (χ1n) is 6.15. The fourth-order valence-corrected chi connectivity index (χ4v) is 2.82. The van der Waals surface area contributed by atoms with Gasteiger partial charge in [0.2, 0.25) is 0 Å². The van der Waals surface area contributed by atoms with Gasteiger partial charge in [-0.2, -0.15) is 0 Å². The zero-order valence-corrected chi connectivity index (χ0v) is 11.9. The summed E-state index contributed by atoms with van der Waals surface area (Å²) in [7, 11) is 0. The summed E-state index contributed by atoms with van der Waals surface area (Å²) >= 11 is 1.68. The minimum Gasteiger partial charge on any atom is -0.409 e. The summed E-state index contributed by atoms with van der Waals surface area (Å²) in [5.74, 6) is 0.217. The van der Waals surface area contributed by atoms with Gasteiger partial charge < -0.3 is 10.9 Å². The molecule has 0 amide bonds. The highest BCUT2D eigenvalue weighted by Crippen LogP contribution is 2.23. The van der Waals surface area contributed by atoms with Crippen molar-refractivity contribution in [3.8, 4) is 0 Å². The van der Waals surface area contributed by atoms with E-state index < -0.39 is 0 Å². The van der Waals surface area contributed by atoms with E-state index in [2.05, 4.69) is 35.0 Å². The van der Waals surface area contributed by atoms with Crippen molar-refractivity contribution in [3.63, 3.8) is 0 Å². The second kappa shape index (κ2) is 5.99. The average molecular weight is 278 g/mol. The molecule has 1 aromatic heterocycles. The Bertz CT molecular complexity index is 546. The first kappa shape index (κ1) is 13.8. The molecule has 0 atom stereocenters. The van der Waals surface area contributed by atoms with Gasteiger partial charge >= 0.3 is 0 Å². The van der Waals surface area contributed by atoms with Crippen LogP contribution >= 0.6 is 11.3 Å². The number of benzene rings is 1. The Morgan fingerprint density at radius 1 is 1.47 bits per heavy atom. The lowest BCUT2D eigenvalue weighted by Gasteiger charge is -2.24. The molecule has 2 rings (SSSR count). The number of nitrogens with two attached hydrogens (primary N) is 1. The van der Waals surface area contributed by atoms with Gasteiger partial charge in [0.1, 0.15) is 5.01 Å². The molecule has 5 nitrogen and oxygen atoms in total. The third-order valence-electron chi connectivity index (χ3n) is 2.90. The number of amidine groups is 1. The number of fused-ring (bicyclic) bond motifs is 1. The first-order chi connectivity index (χ1) is 9.10. The Balaban J connectivity index is 2.16. The van der Waals surface area contributed by atoms with E-state index in [0.29, 0.717) is 19.1 Å². The van der Waals surface area contributed by atoms with Crippen molar-refractivity contribution in [2.45, 2.75) is 26.4 Å². The van der Waals surface area contributed by atoms with E-state index >= 15 is 0 Å². The molecule has 102 valence electrons. The molecule has 0 aliphatic heterocycles. The predicted molar refractivity (Wildman–Crippen MR) is 78.6 cm³/mol. The maximum absolute atomic E-state index is 8.67. The molecule has 0 unspecified atom stereocenters. The topological polar surface area (TPSA) is 74.7 Å². The molecule has 0 spiro atoms. The molecule has 0 saturated heterocycles. The fraction of sp³-hybridized carbons (Fsp3) is 0.385. The van der Waals surface area contributed by atoms with E-state index in [1.54, 1.807) is 11.3 Å². The molecule has 0 bridgehead atoms. The third kappa shape index (κ3) is 3.42. The Morgan fingerprint density at radius 3 is 2.84 bits per heavy atom. The molecule has 1 aromatic carbocycles. The van der Waals surface area contributed by atoms with Crippen LogP contribution in [0.2, 0.25) is 0 Å². The van der Waals surface area contributed by atoms with Gasteiger partial charge in [-0.3, -0.25) is 4.90 Å². The monoisotopic (exact) mass is 278 g/mol. The number of para-hydroxylation sites is 1. The third-order valence-corrected chi connectivity index (χ3v) is 3.92. The Morgan fingerprint density at radius 2 is 2.21 bits per heavy atom. The quantitative estimate of drug-likeness (QED) is 0.381. The van der Waals surface area contributed by atoms with Crippen LogP contribution in [-0.4, -0.2) is 33.5 Å². The van der Waals surface area contributed by atoms with Crippen LogP contribution in [0.15, 0.2) is 29.4 Å². The molecule has 0 saturated carbocycles. The maximum atomic E-state index is 8.67. The van der Waals surface area contributed by atoms with E-state index in [1.807, 2.05) is 18.2 Å². The molecular weight excluding hydrogens is 260 g/mol. The summed E-state index contributed by atoms with van der Waals surface area (Å²) in [6.07, 6.45) is 0. The number of hydrogen-bond acceptors (Lipinski definition) is 5. The van der Waals surface area contributed by atoms with Gasteiger partial charge in [-0.15, -0.1) is 11.3 Å². The number of nitrogens with zero attached hydrogens (tertiary/aromatic N) is 3. The van der Waals surface area contributed by atoms with Crippen LogP contribution in [0, 0.1) is 0 Å². The van der Waals surface area contributed by atoms with Crippen molar-refractivity contribution in [3.05, 3.63) is 29.3 Å². The van der Waals surface area contributed by atoms with Crippen molar-refractivity contribution < 1.29 is 5.21 Å². The number of rotatable bonds is 5. The van der Waals surface area contributed by atoms with Crippen LogP contribution in [-0.2, 0) is 6.54 Å². The molecule has 0 aliphatic carbocycles. The predicted octanol–water partition coefficient (Wildman–Crippen LogP) is 2.25. The summed E-state index contributed by atoms with van der Waals surface area (Å²) in [5.41, 5.74) is 6.60. The molecule has 0 fully saturated rings. The van der Waals surface area contributed by atoms with E-state index in [1.165, 1.54) is 4.70 Å². The summed E-state index contributed by atoms with van der Waals surface area (Å²) in [4.78, 5) is 6.72. The number of aromatic nitrogens is 1. The Kier molecular flexibility index (Phi) is 4.34. The van der Waals surface area contributed by atoms with Crippen molar-refractivity contribution >= 4 is 27.4 Å². The summed E-state index contributed by atoms with van der Waals surface area (Å²) in [6.45, 7) is 5.30. The van der Waals surface area contributed by atoms with E-state index in [4.69, 9.17) is 10.9 Å². The van der Waals surface area contributed by atoms with Crippen LogP contribution in [0.25, 0.3) is 10.2 Å². The maximum Gasteiger partial charge on any atom is 0.153 e. The van der Waals surface area contributed by atoms with Gasteiger partial charge in [0.05, 0.1) is 23.3 Å². The normalized spacial score (nSPS) is 12.7. The highest BCUT2D eigenvalue weighted by atomic mass is 32.1. The van der Waals surface area contributed by atoms with Crippen LogP contribution in [0.1, 0.15) is 18.9 Å². The van der Waals surface area contributed by atoms with E-state index in [9.17, 15) is 0 Å². The van der Waals surface area contributed by atoms with Gasteiger partial charge in [0.15, 0.2) is 5.84 Å². The van der Waals surface area contributed by atoms with Crippen LogP contribution in [0.5, 0.6) is 0 Å². The lowest BCUT2D eigenvalue weighted by molar-refractivity contribution is 0.238. The lowest BCUT2D eigenvalue weighted by Crippen LogP contribution is -2.38. The highest BCUT2D eigenvalue weighted by molar-refractivity contribution is 7.18. The largest absolute Gasteiger partial charge is 0.409 e. The zero-order chi connectivity index (χ0) is 13.8. The van der Waals surface area contributed by atoms with Crippen molar-refractivity contribution in [2.24, 2.45) is 10.9 Å². The highest BCUT2D eigenvalue weighted by Gasteiger charge is 2.14. The number of thiazole rings is 1. The molecule has 6 heteroatoms. The van der Waals surface area contributed by atoms with E-state index in [0.717, 1.165) is 10.5 Å². The van der Waals surface area contributed by atoms with Gasteiger partial charge in [-0.05, 0) is 26.0 Å². The molecular formula is C13H18N4OS. The second-order valence-electron chi connectivity index (χ2n) is 4.67. The smallest absolute Gasteiger partial charge is 0.153 e. The van der Waals surface area contributed by atoms with Crippen LogP contribution < -0.4 is 5.73 Å². The molecule has 0 aliphatic rings. The molecule has 3 N–H and O–H groups in total. The van der Waals surface area contributed by atoms with Crippen molar-refractivity contribution in [1.29, 1.82) is 0 Å². The Labute approximate surface area is 116 Å². The fourth-order valence-electron chi connectivity index (χ4n) is 1.82. The van der Waals surface area contributed by atoms with Gasteiger partial charge in [0, 0.05) is 6.04 Å². The van der Waals surface area contributed by atoms with Gasteiger partial charge in [-0.25, -0.2) is 4.98 Å². The summed E-state index contributed by atoms with van der Waals surface area (Å²) in [5, 5.41) is 12.7. The Hall–Kier alpha value is -1.66. The van der Waals surface area contributed by atoms with Crippen LogP contribution in [0.3, 0.4) is 0 Å². The molecule has 1 heterocycles. The lowest BCUT2D eigenvalue weighted by atomic mass is 10.3. The van der Waals surface area contributed by atoms with Gasteiger partial charge in [-0.1, -0.05) is 17.3 Å². The summed E-state index contributed by atoms with van der Waals surface area (Å²) < 4.78 is 1.19. The van der Waals surface area contributed by atoms with Crippen LogP contribution in [0.4, 0.5) is 0 Å². The standard InChI is InChI=1S/C13H18N4OS/c1-9(2)17(7-12(14)16-18)8-13-15-10-5-3-4-6-11(10)19-13/h3-6,9,18H,7-8H2,1-2H3,(H2,14,16). The molecule has 0 radical (unpaired) electrons. The van der Waals surface area contributed by atoms with Crippen molar-refractivity contribution in [2.75, 3.05) is 6.54 Å². The minimum absolute atomic E-state index is 0.217. The van der Waals surface area contributed by atoms with E-state index in [-0.39, 0.29) is 5.84 Å². The average Bonchev–Trinajstić information content (AvgIpc) is 2.79. The SMILES string of the molecule is CC(C)N(C/C(N)=N/O)Cc1nc2ccccc2s1. The number of oxime groups is 1. The second-order valence-corrected chi connectivity index (χ2v) is 5.78. The molecule has 19 heavy (non-hydrogen) atoms. The van der Waals surface area contributed by atoms with Crippen molar-refractivity contribution in [1.82, 2.24) is 9.88 Å². The summed E-state index contributed by atoms with van der Waals surface area (Å²) in [6, 6.07) is 8.38.